The first-order valence-corrected chi connectivity index (χ1v) is 19.8. The zero-order chi connectivity index (χ0) is 40.4. The first-order chi connectivity index (χ1) is 29.7. The number of hydrogen-bond donors (Lipinski definition) is 0. The second-order valence-electron chi connectivity index (χ2n) is 14.1. The summed E-state index contributed by atoms with van der Waals surface area (Å²) in [6.45, 7) is 0.464. The average Bonchev–Trinajstić information content (AvgIpc) is 3.32. The van der Waals surface area contributed by atoms with E-state index in [-0.39, 0.29) is 13.2 Å². The van der Waals surface area contributed by atoms with E-state index in [1.54, 1.807) is 0 Å². The predicted molar refractivity (Wildman–Crippen MR) is 242 cm³/mol. The predicted octanol–water partition coefficient (Wildman–Crippen LogP) is 12.1. The molecular formula is C58H36O2. The lowest BCUT2D eigenvalue weighted by Crippen LogP contribution is -2.05. The Kier molecular flexibility index (Phi) is 11.0. The Morgan fingerprint density at radius 1 is 0.283 bits per heavy atom. The molecule has 0 aromatic heterocycles. The smallest absolute Gasteiger partial charge is 0.178 e. The zero-order valence-electron chi connectivity index (χ0n) is 32.7. The number of ether oxygens (including phenoxy) is 2. The largest absolute Gasteiger partial charge is 0.484 e. The molecule has 1 aliphatic heterocycles. The van der Waals surface area contributed by atoms with Gasteiger partial charge in [-0.1, -0.05) is 169 Å². The molecule has 0 N–H and O–H groups in total. The lowest BCUT2D eigenvalue weighted by Gasteiger charge is -2.18. The summed E-state index contributed by atoms with van der Waals surface area (Å²) in [5.41, 5.74) is 12.7. The van der Waals surface area contributed by atoms with Crippen molar-refractivity contribution in [2.45, 2.75) is 13.2 Å². The van der Waals surface area contributed by atoms with E-state index in [9.17, 15) is 0 Å². The Morgan fingerprint density at radius 2 is 0.617 bits per heavy atom. The highest BCUT2D eigenvalue weighted by Crippen LogP contribution is 2.41. The normalized spacial score (nSPS) is 10.9. The van der Waals surface area contributed by atoms with Crippen LogP contribution in [0.2, 0.25) is 0 Å². The summed E-state index contributed by atoms with van der Waals surface area (Å²) in [6, 6.07) is 65.0. The minimum absolute atomic E-state index is 0.232. The number of rotatable bonds is 0. The molecule has 2 heteroatoms. The van der Waals surface area contributed by atoms with Crippen molar-refractivity contribution in [1.29, 1.82) is 0 Å². The molecule has 0 amide bonds. The van der Waals surface area contributed by atoms with E-state index in [0.717, 1.165) is 66.8 Å². The molecule has 60 heavy (non-hydrogen) atoms. The molecule has 0 spiro atoms. The first-order valence-electron chi connectivity index (χ1n) is 19.8. The van der Waals surface area contributed by atoms with Gasteiger partial charge in [-0.2, -0.15) is 0 Å². The number of benzene rings is 8. The Hall–Kier alpha value is -8.40. The zero-order valence-corrected chi connectivity index (χ0v) is 32.7. The third kappa shape index (κ3) is 8.62. The molecule has 2 bridgehead atoms. The topological polar surface area (TPSA) is 18.5 Å². The van der Waals surface area contributed by atoms with Gasteiger partial charge in [-0.15, -0.1) is 0 Å². The van der Waals surface area contributed by atoms with Crippen LogP contribution < -0.4 is 9.47 Å². The van der Waals surface area contributed by atoms with Gasteiger partial charge in [-0.05, 0) is 106 Å². The van der Waals surface area contributed by atoms with Gasteiger partial charge in [-0.25, -0.2) is 0 Å². The third-order valence-corrected chi connectivity index (χ3v) is 10.1. The lowest BCUT2D eigenvalue weighted by molar-refractivity contribution is 0.255. The molecule has 0 unspecified atom stereocenters. The van der Waals surface area contributed by atoms with Gasteiger partial charge in [0, 0.05) is 33.4 Å². The summed E-state index contributed by atoms with van der Waals surface area (Å²) in [6.07, 6.45) is 0. The standard InChI is InChI=1S/C58H36O2/c1-5-17-43(18-6-1)29-30-47-39-55-52-27-15-13-25-50(52)41-59-57-48(34-31-44-19-7-2-8-20-44)36-37-49(35-32-45-21-9-3-10-22-45)58(57)60-42-51-26-14-16-28-53(51)56(40-47)54(55)38-33-46-23-11-4-12-24-46/h1-28,36-37,39-40H,41-42H2. The van der Waals surface area contributed by atoms with Crippen molar-refractivity contribution in [2.75, 3.05) is 0 Å². The molecule has 0 saturated heterocycles. The van der Waals surface area contributed by atoms with Gasteiger partial charge in [-0.3, -0.25) is 0 Å². The van der Waals surface area contributed by atoms with E-state index >= 15 is 0 Å². The minimum atomic E-state index is 0.232. The van der Waals surface area contributed by atoms with Crippen LogP contribution in [0, 0.1) is 47.4 Å². The van der Waals surface area contributed by atoms with Crippen molar-refractivity contribution < 1.29 is 9.47 Å². The van der Waals surface area contributed by atoms with Crippen LogP contribution in [0.25, 0.3) is 22.3 Å². The highest BCUT2D eigenvalue weighted by molar-refractivity contribution is 5.87. The van der Waals surface area contributed by atoms with Gasteiger partial charge in [0.05, 0.1) is 11.1 Å². The molecule has 1 heterocycles. The van der Waals surface area contributed by atoms with Crippen molar-refractivity contribution in [3.8, 4) is 81.1 Å². The van der Waals surface area contributed by atoms with E-state index in [1.807, 2.05) is 146 Å². The molecule has 0 atom stereocenters. The Labute approximate surface area is 352 Å². The van der Waals surface area contributed by atoms with Crippen LogP contribution in [0.1, 0.15) is 55.6 Å². The Morgan fingerprint density at radius 3 is 1.03 bits per heavy atom. The fourth-order valence-corrected chi connectivity index (χ4v) is 7.08. The maximum atomic E-state index is 6.95. The molecule has 0 aliphatic carbocycles. The van der Waals surface area contributed by atoms with Crippen LogP contribution in [0.15, 0.2) is 194 Å². The van der Waals surface area contributed by atoms with Crippen LogP contribution in [0.5, 0.6) is 11.5 Å². The summed E-state index contributed by atoms with van der Waals surface area (Å²) in [5.74, 6) is 28.6. The highest BCUT2D eigenvalue weighted by Gasteiger charge is 2.22. The van der Waals surface area contributed by atoms with Gasteiger partial charge >= 0.3 is 0 Å². The lowest BCUT2D eigenvalue weighted by atomic mass is 9.86. The second kappa shape index (κ2) is 17.8. The maximum absolute atomic E-state index is 6.95. The minimum Gasteiger partial charge on any atom is -0.484 e. The average molecular weight is 765 g/mol. The summed E-state index contributed by atoms with van der Waals surface area (Å²) >= 11 is 0. The molecular weight excluding hydrogens is 729 g/mol. The molecule has 2 nitrogen and oxygen atoms in total. The van der Waals surface area contributed by atoms with Crippen LogP contribution >= 0.6 is 0 Å². The Balaban J connectivity index is 1.28. The van der Waals surface area contributed by atoms with Crippen LogP contribution in [-0.2, 0) is 13.2 Å². The van der Waals surface area contributed by atoms with Gasteiger partial charge in [0.1, 0.15) is 13.2 Å². The maximum Gasteiger partial charge on any atom is 0.178 e. The van der Waals surface area contributed by atoms with Gasteiger partial charge < -0.3 is 9.47 Å². The van der Waals surface area contributed by atoms with Crippen LogP contribution in [0.3, 0.4) is 0 Å². The molecule has 0 fully saturated rings. The van der Waals surface area contributed by atoms with Gasteiger partial charge in [0.25, 0.3) is 0 Å². The van der Waals surface area contributed by atoms with E-state index in [2.05, 4.69) is 95.9 Å². The number of fused-ring (bicyclic) bond motifs is 7. The molecule has 8 aromatic carbocycles. The summed E-state index contributed by atoms with van der Waals surface area (Å²) in [4.78, 5) is 0. The van der Waals surface area contributed by atoms with Crippen molar-refractivity contribution in [3.05, 3.63) is 250 Å². The molecule has 1 aliphatic rings. The summed E-state index contributed by atoms with van der Waals surface area (Å²) in [7, 11) is 0. The van der Waals surface area contributed by atoms with Crippen molar-refractivity contribution in [3.63, 3.8) is 0 Å². The van der Waals surface area contributed by atoms with Crippen molar-refractivity contribution in [1.82, 2.24) is 0 Å². The molecule has 8 aromatic rings. The monoisotopic (exact) mass is 764 g/mol. The highest BCUT2D eigenvalue weighted by atomic mass is 16.5. The van der Waals surface area contributed by atoms with Gasteiger partial charge in [0.2, 0.25) is 0 Å². The third-order valence-electron chi connectivity index (χ3n) is 10.1. The van der Waals surface area contributed by atoms with E-state index in [0.29, 0.717) is 22.6 Å². The van der Waals surface area contributed by atoms with Gasteiger partial charge in [0.15, 0.2) is 11.5 Å². The van der Waals surface area contributed by atoms with Crippen LogP contribution in [-0.4, -0.2) is 0 Å². The molecule has 0 saturated carbocycles. The van der Waals surface area contributed by atoms with Crippen molar-refractivity contribution >= 4 is 0 Å². The Bertz CT molecular complexity index is 2930. The second-order valence-corrected chi connectivity index (χ2v) is 14.1. The fraction of sp³-hybridized carbons (Fsp3) is 0.0345. The molecule has 0 radical (unpaired) electrons. The van der Waals surface area contributed by atoms with E-state index in [4.69, 9.17) is 9.47 Å². The van der Waals surface area contributed by atoms with Crippen molar-refractivity contribution in [2.24, 2.45) is 0 Å². The molecule has 9 rings (SSSR count). The van der Waals surface area contributed by atoms with E-state index < -0.39 is 0 Å². The summed E-state index contributed by atoms with van der Waals surface area (Å²) < 4.78 is 13.9. The van der Waals surface area contributed by atoms with E-state index in [1.165, 1.54) is 0 Å². The SMILES string of the molecule is C(#Cc1cc2c(C#Cc3ccccc3)c(c1)-c1ccccc1COc1c(C#Cc3ccccc3)ccc(C#Cc3ccccc3)c1OCc1ccccc1-2)c1ccccc1. The quantitative estimate of drug-likeness (QED) is 0.143. The van der Waals surface area contributed by atoms with Crippen LogP contribution in [0.4, 0.5) is 0 Å². The first kappa shape index (κ1) is 37.2. The number of hydrogen-bond acceptors (Lipinski definition) is 2. The fourth-order valence-electron chi connectivity index (χ4n) is 7.08. The summed E-state index contributed by atoms with van der Waals surface area (Å²) in [5, 5.41) is 0. The molecule has 280 valence electrons.